The molecular weight excluding hydrogens is 365 g/mol. The average Bonchev–Trinajstić information content (AvgIpc) is 2.68. The number of benzene rings is 2. The molecule has 1 saturated heterocycles. The van der Waals surface area contributed by atoms with Gasteiger partial charge in [0.1, 0.15) is 5.82 Å². The standard InChI is InChI=1S/C20H24FN3O2S/c21-19-14-18(7-8-20(19)24-11-9-22-10-12-24)27(25,26)23-17-6-5-15-3-1-2-4-16(15)13-17/h5-8,13-14,22-23H,1-4,9-12H2. The van der Waals surface area contributed by atoms with Crippen LogP contribution < -0.4 is 14.9 Å². The van der Waals surface area contributed by atoms with Crippen LogP contribution in [0.25, 0.3) is 0 Å². The van der Waals surface area contributed by atoms with E-state index in [0.29, 0.717) is 24.5 Å². The molecule has 0 atom stereocenters. The highest BCUT2D eigenvalue weighted by atomic mass is 32.2. The zero-order valence-corrected chi connectivity index (χ0v) is 16.0. The molecule has 0 saturated carbocycles. The van der Waals surface area contributed by atoms with Crippen LogP contribution in [-0.2, 0) is 22.9 Å². The highest BCUT2D eigenvalue weighted by molar-refractivity contribution is 7.92. The molecule has 0 spiro atoms. The fourth-order valence-electron chi connectivity index (χ4n) is 3.83. The molecule has 0 amide bonds. The Morgan fingerprint density at radius 1 is 0.963 bits per heavy atom. The number of rotatable bonds is 4. The smallest absolute Gasteiger partial charge is 0.261 e. The maximum Gasteiger partial charge on any atom is 0.261 e. The van der Waals surface area contributed by atoms with Crippen LogP contribution in [0.4, 0.5) is 15.8 Å². The Labute approximate surface area is 159 Å². The Morgan fingerprint density at radius 2 is 1.70 bits per heavy atom. The first-order valence-corrected chi connectivity index (χ1v) is 10.9. The van der Waals surface area contributed by atoms with Gasteiger partial charge in [-0.25, -0.2) is 12.8 Å². The predicted octanol–water partition coefficient (Wildman–Crippen LogP) is 2.91. The number of anilines is 2. The van der Waals surface area contributed by atoms with Gasteiger partial charge in [-0.05, 0) is 67.1 Å². The van der Waals surface area contributed by atoms with Crippen molar-refractivity contribution in [1.82, 2.24) is 5.32 Å². The van der Waals surface area contributed by atoms with Gasteiger partial charge in [-0.2, -0.15) is 0 Å². The first-order chi connectivity index (χ1) is 13.0. The molecule has 1 heterocycles. The average molecular weight is 389 g/mol. The van der Waals surface area contributed by atoms with Gasteiger partial charge < -0.3 is 10.2 Å². The van der Waals surface area contributed by atoms with E-state index in [1.54, 1.807) is 12.1 Å². The zero-order chi connectivity index (χ0) is 18.9. The number of nitrogens with zero attached hydrogens (tertiary/aromatic N) is 1. The fourth-order valence-corrected chi connectivity index (χ4v) is 4.89. The molecule has 0 radical (unpaired) electrons. The summed E-state index contributed by atoms with van der Waals surface area (Å²) in [6, 6.07) is 9.81. The van der Waals surface area contributed by atoms with E-state index in [0.717, 1.165) is 38.4 Å². The molecule has 4 rings (SSSR count). The number of nitrogens with one attached hydrogen (secondary N) is 2. The Morgan fingerprint density at radius 3 is 2.44 bits per heavy atom. The van der Waals surface area contributed by atoms with Crippen molar-refractivity contribution in [2.24, 2.45) is 0 Å². The number of fused-ring (bicyclic) bond motifs is 1. The molecule has 1 fully saturated rings. The molecule has 144 valence electrons. The van der Waals surface area contributed by atoms with Gasteiger partial charge >= 0.3 is 0 Å². The van der Waals surface area contributed by atoms with Crippen molar-refractivity contribution in [2.75, 3.05) is 35.8 Å². The minimum Gasteiger partial charge on any atom is -0.367 e. The molecule has 5 nitrogen and oxygen atoms in total. The van der Waals surface area contributed by atoms with E-state index in [1.165, 1.54) is 23.6 Å². The Hall–Kier alpha value is -2.12. The van der Waals surface area contributed by atoms with E-state index in [2.05, 4.69) is 10.0 Å². The van der Waals surface area contributed by atoms with Gasteiger partial charge in [0, 0.05) is 31.9 Å². The lowest BCUT2D eigenvalue weighted by molar-refractivity contribution is 0.563. The minimum atomic E-state index is -3.83. The maximum absolute atomic E-state index is 14.6. The van der Waals surface area contributed by atoms with Crippen molar-refractivity contribution < 1.29 is 12.8 Å². The second kappa shape index (κ2) is 7.48. The fraction of sp³-hybridized carbons (Fsp3) is 0.400. The largest absolute Gasteiger partial charge is 0.367 e. The number of aryl methyl sites for hydroxylation is 2. The van der Waals surface area contributed by atoms with Crippen LogP contribution in [0.1, 0.15) is 24.0 Å². The quantitative estimate of drug-likeness (QED) is 0.844. The summed E-state index contributed by atoms with van der Waals surface area (Å²) in [5.41, 5.74) is 3.46. The normalized spacial score (nSPS) is 17.4. The van der Waals surface area contributed by atoms with Crippen molar-refractivity contribution in [3.05, 3.63) is 53.3 Å². The minimum absolute atomic E-state index is 0.0587. The Bertz CT molecular complexity index is 940. The molecule has 0 aromatic heterocycles. The molecule has 2 aromatic carbocycles. The van der Waals surface area contributed by atoms with Gasteiger partial charge in [0.2, 0.25) is 0 Å². The summed E-state index contributed by atoms with van der Waals surface area (Å²) in [4.78, 5) is 1.87. The SMILES string of the molecule is O=S(=O)(Nc1ccc2c(c1)CCCC2)c1ccc(N2CCNCC2)c(F)c1. The van der Waals surface area contributed by atoms with Gasteiger partial charge in [0.05, 0.1) is 10.6 Å². The first-order valence-electron chi connectivity index (χ1n) is 9.43. The lowest BCUT2D eigenvalue weighted by atomic mass is 9.91. The Balaban J connectivity index is 1.55. The number of hydrogen-bond donors (Lipinski definition) is 2. The topological polar surface area (TPSA) is 61.4 Å². The first kappa shape index (κ1) is 18.3. The summed E-state index contributed by atoms with van der Waals surface area (Å²) < 4.78 is 42.6. The predicted molar refractivity (Wildman–Crippen MR) is 105 cm³/mol. The third kappa shape index (κ3) is 3.94. The molecule has 1 aliphatic heterocycles. The molecule has 27 heavy (non-hydrogen) atoms. The summed E-state index contributed by atoms with van der Waals surface area (Å²) >= 11 is 0. The van der Waals surface area contributed by atoms with Crippen LogP contribution in [0.5, 0.6) is 0 Å². The van der Waals surface area contributed by atoms with E-state index in [4.69, 9.17) is 0 Å². The van der Waals surface area contributed by atoms with Crippen molar-refractivity contribution in [3.63, 3.8) is 0 Å². The summed E-state index contributed by atoms with van der Waals surface area (Å²) in [5.74, 6) is -0.509. The molecule has 2 aliphatic rings. The number of piperazine rings is 1. The van der Waals surface area contributed by atoms with Gasteiger partial charge in [-0.15, -0.1) is 0 Å². The summed E-state index contributed by atoms with van der Waals surface area (Å²) in [6.07, 6.45) is 4.32. The van der Waals surface area contributed by atoms with Crippen LogP contribution in [0, 0.1) is 5.82 Å². The van der Waals surface area contributed by atoms with Crippen LogP contribution in [0.3, 0.4) is 0 Å². The van der Waals surface area contributed by atoms with E-state index >= 15 is 0 Å². The van der Waals surface area contributed by atoms with E-state index in [9.17, 15) is 12.8 Å². The monoisotopic (exact) mass is 389 g/mol. The second-order valence-corrected chi connectivity index (χ2v) is 8.83. The van der Waals surface area contributed by atoms with Crippen LogP contribution in [-0.4, -0.2) is 34.6 Å². The lowest BCUT2D eigenvalue weighted by Gasteiger charge is -2.29. The second-order valence-electron chi connectivity index (χ2n) is 7.15. The highest BCUT2D eigenvalue weighted by Crippen LogP contribution is 2.27. The van der Waals surface area contributed by atoms with Crippen molar-refractivity contribution in [3.8, 4) is 0 Å². The van der Waals surface area contributed by atoms with Gasteiger partial charge in [0.25, 0.3) is 10.0 Å². The summed E-state index contributed by atoms with van der Waals surface area (Å²) in [7, 11) is -3.83. The van der Waals surface area contributed by atoms with Gasteiger partial charge in [-0.1, -0.05) is 6.07 Å². The summed E-state index contributed by atoms with van der Waals surface area (Å²) in [6.45, 7) is 2.99. The molecule has 0 bridgehead atoms. The molecule has 7 heteroatoms. The van der Waals surface area contributed by atoms with Crippen LogP contribution in [0.15, 0.2) is 41.3 Å². The van der Waals surface area contributed by atoms with Crippen molar-refractivity contribution in [2.45, 2.75) is 30.6 Å². The maximum atomic E-state index is 14.6. The van der Waals surface area contributed by atoms with E-state index in [1.807, 2.05) is 17.0 Å². The molecule has 1 aliphatic carbocycles. The van der Waals surface area contributed by atoms with Gasteiger partial charge in [-0.3, -0.25) is 4.72 Å². The number of sulfonamides is 1. The van der Waals surface area contributed by atoms with E-state index < -0.39 is 15.8 Å². The molecule has 2 aromatic rings. The molecular formula is C20H24FN3O2S. The molecule has 0 unspecified atom stereocenters. The zero-order valence-electron chi connectivity index (χ0n) is 15.2. The third-order valence-corrected chi connectivity index (χ3v) is 6.67. The highest BCUT2D eigenvalue weighted by Gasteiger charge is 2.20. The van der Waals surface area contributed by atoms with Crippen LogP contribution in [0.2, 0.25) is 0 Å². The lowest BCUT2D eigenvalue weighted by Crippen LogP contribution is -2.43. The Kier molecular flexibility index (Phi) is 5.06. The number of hydrogen-bond acceptors (Lipinski definition) is 4. The molecule has 2 N–H and O–H groups in total. The van der Waals surface area contributed by atoms with Crippen molar-refractivity contribution in [1.29, 1.82) is 0 Å². The van der Waals surface area contributed by atoms with Gasteiger partial charge in [0.15, 0.2) is 0 Å². The van der Waals surface area contributed by atoms with E-state index in [-0.39, 0.29) is 4.90 Å². The summed E-state index contributed by atoms with van der Waals surface area (Å²) in [5, 5.41) is 3.22. The van der Waals surface area contributed by atoms with Crippen molar-refractivity contribution >= 4 is 21.4 Å². The third-order valence-electron chi connectivity index (χ3n) is 5.29. The van der Waals surface area contributed by atoms with Crippen LogP contribution >= 0.6 is 0 Å². The number of halogens is 1.